The molecule has 0 radical (unpaired) electrons. The fourth-order valence-electron chi connectivity index (χ4n) is 2.51. The van der Waals surface area contributed by atoms with Gasteiger partial charge in [0.15, 0.2) is 0 Å². The summed E-state index contributed by atoms with van der Waals surface area (Å²) in [6, 6.07) is 13.0. The number of rotatable bonds is 5. The predicted octanol–water partition coefficient (Wildman–Crippen LogP) is 3.06. The van der Waals surface area contributed by atoms with E-state index in [0.29, 0.717) is 0 Å². The van der Waals surface area contributed by atoms with Gasteiger partial charge in [0, 0.05) is 6.04 Å². The highest BCUT2D eigenvalue weighted by molar-refractivity contribution is 5.34. The van der Waals surface area contributed by atoms with E-state index in [2.05, 4.69) is 37.5 Å². The normalized spacial score (nSPS) is 12.4. The lowest BCUT2D eigenvalue weighted by Gasteiger charge is -2.19. The summed E-state index contributed by atoms with van der Waals surface area (Å²) in [5.41, 5.74) is 7.85. The molecule has 1 atom stereocenters. The predicted molar refractivity (Wildman–Crippen MR) is 80.8 cm³/mol. The Morgan fingerprint density at radius 3 is 2.15 bits per heavy atom. The summed E-state index contributed by atoms with van der Waals surface area (Å²) in [5, 5.41) is 0. The first-order chi connectivity index (χ1) is 9.60. The summed E-state index contributed by atoms with van der Waals surface area (Å²) in [4.78, 5) is 0. The summed E-state index contributed by atoms with van der Waals surface area (Å²) in [6.45, 7) is 4.24. The van der Waals surface area contributed by atoms with E-state index in [4.69, 9.17) is 5.84 Å². The molecule has 1 unspecified atom stereocenters. The van der Waals surface area contributed by atoms with Crippen molar-refractivity contribution in [3.63, 3.8) is 0 Å². The standard InChI is InChI=1S/C17H21FN2/c1-12-4-3-5-13(2)17(12)11-16(20-19)10-14-6-8-15(18)9-7-14/h3-9,16,20H,10-11,19H2,1-2H3. The van der Waals surface area contributed by atoms with E-state index in [1.54, 1.807) is 0 Å². The molecule has 2 nitrogen and oxygen atoms in total. The average Bonchev–Trinajstić information content (AvgIpc) is 2.44. The Balaban J connectivity index is 2.11. The van der Waals surface area contributed by atoms with E-state index in [-0.39, 0.29) is 11.9 Å². The van der Waals surface area contributed by atoms with Gasteiger partial charge in [-0.15, -0.1) is 0 Å². The topological polar surface area (TPSA) is 38.0 Å². The molecule has 0 spiro atoms. The van der Waals surface area contributed by atoms with Crippen LogP contribution in [0, 0.1) is 19.7 Å². The molecule has 0 bridgehead atoms. The highest BCUT2D eigenvalue weighted by atomic mass is 19.1. The van der Waals surface area contributed by atoms with E-state index in [1.165, 1.54) is 28.8 Å². The van der Waals surface area contributed by atoms with Crippen LogP contribution in [0.25, 0.3) is 0 Å². The molecule has 2 aromatic carbocycles. The van der Waals surface area contributed by atoms with E-state index in [0.717, 1.165) is 18.4 Å². The highest BCUT2D eigenvalue weighted by Crippen LogP contribution is 2.17. The third-order valence-electron chi connectivity index (χ3n) is 3.73. The van der Waals surface area contributed by atoms with Crippen molar-refractivity contribution in [2.24, 2.45) is 5.84 Å². The van der Waals surface area contributed by atoms with Gasteiger partial charge in [0.1, 0.15) is 5.82 Å². The Morgan fingerprint density at radius 2 is 1.60 bits per heavy atom. The lowest BCUT2D eigenvalue weighted by molar-refractivity contribution is 0.520. The molecule has 0 saturated carbocycles. The van der Waals surface area contributed by atoms with Crippen LogP contribution >= 0.6 is 0 Å². The van der Waals surface area contributed by atoms with Gasteiger partial charge in [0.2, 0.25) is 0 Å². The van der Waals surface area contributed by atoms with Crippen LogP contribution < -0.4 is 11.3 Å². The largest absolute Gasteiger partial charge is 0.271 e. The monoisotopic (exact) mass is 272 g/mol. The minimum Gasteiger partial charge on any atom is -0.271 e. The van der Waals surface area contributed by atoms with Crippen molar-refractivity contribution in [2.45, 2.75) is 32.7 Å². The van der Waals surface area contributed by atoms with Gasteiger partial charge in [-0.25, -0.2) is 4.39 Å². The van der Waals surface area contributed by atoms with Gasteiger partial charge in [-0.05, 0) is 61.1 Å². The molecule has 3 heteroatoms. The van der Waals surface area contributed by atoms with E-state index in [9.17, 15) is 4.39 Å². The zero-order chi connectivity index (χ0) is 14.5. The van der Waals surface area contributed by atoms with Crippen LogP contribution in [0.1, 0.15) is 22.3 Å². The van der Waals surface area contributed by atoms with Crippen LogP contribution in [0.3, 0.4) is 0 Å². The molecule has 0 aliphatic carbocycles. The van der Waals surface area contributed by atoms with Crippen molar-refractivity contribution < 1.29 is 4.39 Å². The molecule has 20 heavy (non-hydrogen) atoms. The van der Waals surface area contributed by atoms with Crippen LogP contribution in [0.15, 0.2) is 42.5 Å². The Morgan fingerprint density at radius 1 is 1.00 bits per heavy atom. The highest BCUT2D eigenvalue weighted by Gasteiger charge is 2.12. The molecule has 0 amide bonds. The molecule has 106 valence electrons. The zero-order valence-corrected chi connectivity index (χ0v) is 12.0. The van der Waals surface area contributed by atoms with Gasteiger partial charge < -0.3 is 0 Å². The van der Waals surface area contributed by atoms with Crippen LogP contribution in [-0.2, 0) is 12.8 Å². The maximum absolute atomic E-state index is 12.9. The second-order valence-electron chi connectivity index (χ2n) is 5.27. The summed E-state index contributed by atoms with van der Waals surface area (Å²) in [5.74, 6) is 5.47. The molecule has 0 heterocycles. The minimum absolute atomic E-state index is 0.139. The lowest BCUT2D eigenvalue weighted by Crippen LogP contribution is -2.38. The Kier molecular flexibility index (Phi) is 4.88. The van der Waals surface area contributed by atoms with Crippen molar-refractivity contribution in [3.8, 4) is 0 Å². The van der Waals surface area contributed by atoms with Gasteiger partial charge in [-0.1, -0.05) is 30.3 Å². The third-order valence-corrected chi connectivity index (χ3v) is 3.73. The Labute approximate surface area is 119 Å². The molecule has 2 rings (SSSR count). The number of hydrogen-bond acceptors (Lipinski definition) is 2. The summed E-state index contributed by atoms with van der Waals surface area (Å²) in [6.07, 6.45) is 1.65. The smallest absolute Gasteiger partial charge is 0.123 e. The fourth-order valence-corrected chi connectivity index (χ4v) is 2.51. The molecule has 0 aliphatic heterocycles. The third kappa shape index (κ3) is 3.65. The molecule has 0 aliphatic rings. The van der Waals surface area contributed by atoms with Crippen LogP contribution in [-0.4, -0.2) is 6.04 Å². The van der Waals surface area contributed by atoms with E-state index >= 15 is 0 Å². The van der Waals surface area contributed by atoms with Crippen molar-refractivity contribution in [1.82, 2.24) is 5.43 Å². The number of nitrogens with two attached hydrogens (primary N) is 1. The first-order valence-electron chi connectivity index (χ1n) is 6.86. The number of nitrogens with one attached hydrogen (secondary N) is 1. The van der Waals surface area contributed by atoms with E-state index < -0.39 is 0 Å². The quantitative estimate of drug-likeness (QED) is 0.648. The van der Waals surface area contributed by atoms with Crippen LogP contribution in [0.5, 0.6) is 0 Å². The molecule has 3 N–H and O–H groups in total. The number of aryl methyl sites for hydroxylation is 2. The molecule has 0 aromatic heterocycles. The number of benzene rings is 2. The Bertz CT molecular complexity index is 543. The van der Waals surface area contributed by atoms with Gasteiger partial charge >= 0.3 is 0 Å². The summed E-state index contributed by atoms with van der Waals surface area (Å²) < 4.78 is 12.9. The number of hydrazine groups is 1. The van der Waals surface area contributed by atoms with Gasteiger partial charge in [-0.2, -0.15) is 0 Å². The van der Waals surface area contributed by atoms with Crippen molar-refractivity contribution in [3.05, 3.63) is 70.5 Å². The van der Waals surface area contributed by atoms with Crippen LogP contribution in [0.4, 0.5) is 4.39 Å². The molecule has 0 saturated heterocycles. The fraction of sp³-hybridized carbons (Fsp3) is 0.294. The molecule has 2 aromatic rings. The van der Waals surface area contributed by atoms with Crippen molar-refractivity contribution >= 4 is 0 Å². The lowest BCUT2D eigenvalue weighted by atomic mass is 9.93. The summed E-state index contributed by atoms with van der Waals surface area (Å²) >= 11 is 0. The second-order valence-corrected chi connectivity index (χ2v) is 5.27. The molecular formula is C17H21FN2. The second kappa shape index (κ2) is 6.64. The summed E-state index contributed by atoms with van der Waals surface area (Å²) in [7, 11) is 0. The zero-order valence-electron chi connectivity index (χ0n) is 12.0. The number of halogens is 1. The van der Waals surface area contributed by atoms with Crippen molar-refractivity contribution in [1.29, 1.82) is 0 Å². The molecular weight excluding hydrogens is 251 g/mol. The SMILES string of the molecule is Cc1cccc(C)c1CC(Cc1ccc(F)cc1)NN. The van der Waals surface area contributed by atoms with Crippen molar-refractivity contribution in [2.75, 3.05) is 0 Å². The first kappa shape index (κ1) is 14.7. The Hall–Kier alpha value is -1.71. The van der Waals surface area contributed by atoms with E-state index in [1.807, 2.05) is 12.1 Å². The van der Waals surface area contributed by atoms with Gasteiger partial charge in [-0.3, -0.25) is 11.3 Å². The first-order valence-corrected chi connectivity index (χ1v) is 6.86. The van der Waals surface area contributed by atoms with Gasteiger partial charge in [0.05, 0.1) is 0 Å². The number of hydrogen-bond donors (Lipinski definition) is 2. The van der Waals surface area contributed by atoms with Crippen LogP contribution in [0.2, 0.25) is 0 Å². The van der Waals surface area contributed by atoms with Gasteiger partial charge in [0.25, 0.3) is 0 Å². The molecule has 0 fully saturated rings. The maximum Gasteiger partial charge on any atom is 0.123 e. The average molecular weight is 272 g/mol. The maximum atomic E-state index is 12.9. The minimum atomic E-state index is -0.208.